The third-order valence-electron chi connectivity index (χ3n) is 1.17. The maximum Gasteiger partial charge on any atom is 0.0518 e. The molecule has 0 fully saturated rings. The van der Waals surface area contributed by atoms with Gasteiger partial charge in [0.1, 0.15) is 0 Å². The van der Waals surface area contributed by atoms with Crippen molar-refractivity contribution in [3.8, 4) is 0 Å². The van der Waals surface area contributed by atoms with Crippen molar-refractivity contribution < 1.29 is 4.74 Å². The average Bonchev–Trinajstić information content (AvgIpc) is 1.96. The van der Waals surface area contributed by atoms with Crippen LogP contribution in [0.3, 0.4) is 0 Å². The van der Waals surface area contributed by atoms with Gasteiger partial charge in [-0.2, -0.15) is 0 Å². The van der Waals surface area contributed by atoms with Gasteiger partial charge in [-0.3, -0.25) is 0 Å². The lowest BCUT2D eigenvalue weighted by Crippen LogP contribution is -2.03. The lowest BCUT2D eigenvalue weighted by Gasteiger charge is -2.05. The van der Waals surface area contributed by atoms with E-state index in [9.17, 15) is 0 Å². The van der Waals surface area contributed by atoms with Crippen molar-refractivity contribution in [2.45, 2.75) is 32.8 Å². The number of nitrogens with zero attached hydrogens (tertiary/aromatic N) is 3. The van der Waals surface area contributed by atoms with Crippen LogP contribution in [-0.4, -0.2) is 19.3 Å². The highest BCUT2D eigenvalue weighted by atomic mass is 16.5. The Morgan fingerprint density at radius 1 is 1.45 bits per heavy atom. The van der Waals surface area contributed by atoms with Gasteiger partial charge in [0.2, 0.25) is 0 Å². The van der Waals surface area contributed by atoms with Crippen molar-refractivity contribution in [2.24, 2.45) is 5.11 Å². The molecule has 0 aromatic heterocycles. The Labute approximate surface area is 67.2 Å². The molecule has 64 valence electrons. The second kappa shape index (κ2) is 7.38. The highest BCUT2D eigenvalue weighted by Crippen LogP contribution is 1.94. The number of ether oxygens (including phenoxy) is 1. The Kier molecular flexibility index (Phi) is 6.89. The van der Waals surface area contributed by atoms with E-state index in [1.165, 1.54) is 0 Å². The summed E-state index contributed by atoms with van der Waals surface area (Å²) in [6, 6.07) is 0. The zero-order valence-electron chi connectivity index (χ0n) is 7.16. The van der Waals surface area contributed by atoms with E-state index in [1.54, 1.807) is 0 Å². The molecule has 4 nitrogen and oxygen atoms in total. The molecule has 0 unspecified atom stereocenters. The summed E-state index contributed by atoms with van der Waals surface area (Å²) in [5, 5.41) is 3.41. The van der Waals surface area contributed by atoms with Gasteiger partial charge in [-0.05, 0) is 32.2 Å². The van der Waals surface area contributed by atoms with Gasteiger partial charge >= 0.3 is 0 Å². The van der Waals surface area contributed by atoms with Crippen LogP contribution >= 0.6 is 0 Å². The minimum atomic E-state index is 0.300. The van der Waals surface area contributed by atoms with Crippen LogP contribution in [0.15, 0.2) is 5.11 Å². The molecular formula is C7H15N3O. The first-order chi connectivity index (χ1) is 5.27. The van der Waals surface area contributed by atoms with E-state index in [0.29, 0.717) is 12.6 Å². The van der Waals surface area contributed by atoms with Gasteiger partial charge in [0, 0.05) is 18.1 Å². The lowest BCUT2D eigenvalue weighted by atomic mass is 10.3. The van der Waals surface area contributed by atoms with Crippen molar-refractivity contribution in [1.29, 1.82) is 0 Å². The third-order valence-corrected chi connectivity index (χ3v) is 1.17. The zero-order valence-corrected chi connectivity index (χ0v) is 7.16. The molecule has 0 amide bonds. The van der Waals surface area contributed by atoms with Crippen LogP contribution in [-0.2, 0) is 4.74 Å². The Morgan fingerprint density at radius 3 is 2.73 bits per heavy atom. The summed E-state index contributed by atoms with van der Waals surface area (Å²) >= 11 is 0. The SMILES string of the molecule is CC(C)OCCCCN=[N+]=[N-]. The van der Waals surface area contributed by atoms with Crippen molar-refractivity contribution in [3.05, 3.63) is 10.4 Å². The molecule has 0 saturated carbocycles. The molecule has 0 N–H and O–H groups in total. The molecule has 11 heavy (non-hydrogen) atoms. The van der Waals surface area contributed by atoms with E-state index < -0.39 is 0 Å². The zero-order chi connectivity index (χ0) is 8.53. The Hall–Kier alpha value is -0.730. The highest BCUT2D eigenvalue weighted by molar-refractivity contribution is 4.47. The molecule has 0 rings (SSSR count). The number of unbranched alkanes of at least 4 members (excludes halogenated alkanes) is 1. The smallest absolute Gasteiger partial charge is 0.0518 e. The fraction of sp³-hybridized carbons (Fsp3) is 1.00. The summed E-state index contributed by atoms with van der Waals surface area (Å²) in [6.45, 7) is 5.36. The normalized spacial score (nSPS) is 9.73. The summed E-state index contributed by atoms with van der Waals surface area (Å²) in [5.74, 6) is 0. The molecule has 0 aliphatic carbocycles. The number of azide groups is 1. The van der Waals surface area contributed by atoms with Crippen LogP contribution in [0.1, 0.15) is 26.7 Å². The molecule has 0 aliphatic heterocycles. The van der Waals surface area contributed by atoms with Crippen molar-refractivity contribution in [1.82, 2.24) is 0 Å². The molecule has 0 saturated heterocycles. The fourth-order valence-corrected chi connectivity index (χ4v) is 0.648. The quantitative estimate of drug-likeness (QED) is 0.253. The molecule has 0 bridgehead atoms. The van der Waals surface area contributed by atoms with E-state index in [0.717, 1.165) is 19.4 Å². The molecule has 0 radical (unpaired) electrons. The van der Waals surface area contributed by atoms with Crippen molar-refractivity contribution in [2.75, 3.05) is 13.2 Å². The van der Waals surface area contributed by atoms with E-state index >= 15 is 0 Å². The highest BCUT2D eigenvalue weighted by Gasteiger charge is 1.91. The molecular weight excluding hydrogens is 142 g/mol. The van der Waals surface area contributed by atoms with E-state index in [-0.39, 0.29) is 0 Å². The van der Waals surface area contributed by atoms with Gasteiger partial charge in [0.25, 0.3) is 0 Å². The molecule has 0 heterocycles. The Balaban J connectivity index is 2.96. The monoisotopic (exact) mass is 157 g/mol. The minimum Gasteiger partial charge on any atom is -0.379 e. The van der Waals surface area contributed by atoms with E-state index in [2.05, 4.69) is 10.0 Å². The van der Waals surface area contributed by atoms with Gasteiger partial charge in [0.15, 0.2) is 0 Å². The van der Waals surface area contributed by atoms with Gasteiger partial charge in [-0.1, -0.05) is 5.11 Å². The van der Waals surface area contributed by atoms with Gasteiger partial charge in [0.05, 0.1) is 6.10 Å². The summed E-state index contributed by atoms with van der Waals surface area (Å²) in [6.07, 6.45) is 2.18. The number of rotatable bonds is 6. The molecule has 0 spiro atoms. The van der Waals surface area contributed by atoms with Crippen LogP contribution in [0, 0.1) is 0 Å². The second-order valence-electron chi connectivity index (χ2n) is 2.58. The summed E-state index contributed by atoms with van der Waals surface area (Å²) in [4.78, 5) is 2.65. The van der Waals surface area contributed by atoms with Gasteiger partial charge in [-0.15, -0.1) is 0 Å². The number of hydrogen-bond acceptors (Lipinski definition) is 2. The molecule has 0 atom stereocenters. The predicted molar refractivity (Wildman–Crippen MR) is 44.3 cm³/mol. The lowest BCUT2D eigenvalue weighted by molar-refractivity contribution is 0.0763. The summed E-state index contributed by atoms with van der Waals surface area (Å²) in [7, 11) is 0. The first kappa shape index (κ1) is 10.3. The molecule has 0 aliphatic rings. The molecule has 0 aromatic carbocycles. The van der Waals surface area contributed by atoms with Crippen LogP contribution in [0.5, 0.6) is 0 Å². The van der Waals surface area contributed by atoms with Crippen LogP contribution in [0.25, 0.3) is 10.4 Å². The topological polar surface area (TPSA) is 58.0 Å². The first-order valence-corrected chi connectivity index (χ1v) is 3.90. The summed E-state index contributed by atoms with van der Waals surface area (Å²) < 4.78 is 5.29. The fourth-order valence-electron chi connectivity index (χ4n) is 0.648. The largest absolute Gasteiger partial charge is 0.379 e. The third kappa shape index (κ3) is 9.27. The van der Waals surface area contributed by atoms with Crippen molar-refractivity contribution in [3.63, 3.8) is 0 Å². The van der Waals surface area contributed by atoms with Gasteiger partial charge < -0.3 is 4.74 Å². The second-order valence-corrected chi connectivity index (χ2v) is 2.58. The predicted octanol–water partition coefficient (Wildman–Crippen LogP) is 2.50. The van der Waals surface area contributed by atoms with Crippen molar-refractivity contribution >= 4 is 0 Å². The summed E-state index contributed by atoms with van der Waals surface area (Å²) in [5.41, 5.74) is 7.94. The van der Waals surface area contributed by atoms with Gasteiger partial charge in [-0.25, -0.2) is 0 Å². The van der Waals surface area contributed by atoms with Crippen LogP contribution in [0.4, 0.5) is 0 Å². The maximum atomic E-state index is 7.94. The minimum absolute atomic E-state index is 0.300. The van der Waals surface area contributed by atoms with E-state index in [1.807, 2.05) is 13.8 Å². The van der Waals surface area contributed by atoms with E-state index in [4.69, 9.17) is 10.3 Å². The Bertz CT molecular complexity index is 130. The van der Waals surface area contributed by atoms with Crippen LogP contribution < -0.4 is 0 Å². The number of hydrogen-bond donors (Lipinski definition) is 0. The average molecular weight is 157 g/mol. The maximum absolute atomic E-state index is 7.94. The first-order valence-electron chi connectivity index (χ1n) is 3.90. The standard InChI is InChI=1S/C7H15N3O/c1-7(2)11-6-4-3-5-9-10-8/h7H,3-6H2,1-2H3. The molecule has 4 heteroatoms. The van der Waals surface area contributed by atoms with Crippen LogP contribution in [0.2, 0.25) is 0 Å². The molecule has 0 aromatic rings. The Morgan fingerprint density at radius 2 is 2.18 bits per heavy atom.